The third kappa shape index (κ3) is 4.25. The predicted octanol–water partition coefficient (Wildman–Crippen LogP) is 9.63. The number of aromatic nitrogens is 4. The van der Waals surface area contributed by atoms with Crippen molar-refractivity contribution in [2.45, 2.75) is 89.9 Å². The van der Waals surface area contributed by atoms with Gasteiger partial charge in [0.2, 0.25) is 0 Å². The molecule has 0 N–H and O–H groups in total. The summed E-state index contributed by atoms with van der Waals surface area (Å²) < 4.78 is 9.07. The molecule has 2 heterocycles. The molecule has 4 aliphatic rings. The van der Waals surface area contributed by atoms with E-state index in [1.807, 2.05) is 78.1 Å². The summed E-state index contributed by atoms with van der Waals surface area (Å²) in [5.41, 5.74) is 9.22. The van der Waals surface area contributed by atoms with E-state index < -0.39 is 0 Å². The lowest BCUT2D eigenvalue weighted by atomic mass is 9.70. The van der Waals surface area contributed by atoms with Gasteiger partial charge in [-0.1, -0.05) is 89.5 Å². The van der Waals surface area contributed by atoms with E-state index in [2.05, 4.69) is 91.7 Å². The Kier molecular flexibility index (Phi) is 7.51. The Hall–Kier alpha value is -3.30. The van der Waals surface area contributed by atoms with Crippen molar-refractivity contribution >= 4 is 34.2 Å². The topological polar surface area (TPSA) is 53.9 Å². The van der Waals surface area contributed by atoms with E-state index in [0.29, 0.717) is 16.9 Å². The molecule has 3 aromatic carbocycles. The molecule has 50 heavy (non-hydrogen) atoms. The van der Waals surface area contributed by atoms with Crippen molar-refractivity contribution in [3.05, 3.63) is 125 Å². The number of nitrogens with zero attached hydrogens (tertiary/aromatic N) is 4. The molecule has 0 spiro atoms. The first-order chi connectivity index (χ1) is 23.6. The second-order valence-corrected chi connectivity index (χ2v) is 18.3. The Morgan fingerprint density at radius 1 is 0.660 bits per heavy atom. The van der Waals surface area contributed by atoms with E-state index in [4.69, 9.17) is 11.6 Å². The van der Waals surface area contributed by atoms with Crippen molar-refractivity contribution in [1.82, 2.24) is 18.7 Å². The standard InChI is InChI=1S/C24H25ClN2O.C18H21IN2O/c1-23(2)18-12-13-24(23,3)21-20(18)22(28)27(26(21)4)16-9-7-8-15(14-16)17-10-5-6-11-19(17)25;1-17(2)13-8-9-18(17,3)15-14(13)16(22)21(20(15)4)12-7-5-6-11(19)10-12/h5-11,14,18H,12-13H2,1-4H3;5-7,10,13H,8-9H2,1-4H3/t18-,24+;13-,18+/m11/s1. The summed E-state index contributed by atoms with van der Waals surface area (Å²) in [7, 11) is 4.08. The molecule has 0 unspecified atom stereocenters. The van der Waals surface area contributed by atoms with Crippen LogP contribution in [0, 0.1) is 14.4 Å². The van der Waals surface area contributed by atoms with E-state index >= 15 is 0 Å². The monoisotopic (exact) mass is 800 g/mol. The first-order valence-corrected chi connectivity index (χ1v) is 19.3. The summed E-state index contributed by atoms with van der Waals surface area (Å²) in [6, 6.07) is 24.1. The number of fused-ring (bicyclic) bond motifs is 10. The lowest BCUT2D eigenvalue weighted by molar-refractivity contribution is 0.218. The average Bonchev–Trinajstić information content (AvgIpc) is 3.76. The van der Waals surface area contributed by atoms with Crippen LogP contribution in [0.3, 0.4) is 0 Å². The van der Waals surface area contributed by atoms with Crippen LogP contribution >= 0.6 is 34.2 Å². The zero-order valence-electron chi connectivity index (χ0n) is 30.3. The van der Waals surface area contributed by atoms with Crippen LogP contribution in [-0.4, -0.2) is 18.7 Å². The molecule has 9 rings (SSSR count). The maximum absolute atomic E-state index is 13.5. The number of rotatable bonds is 3. The van der Waals surface area contributed by atoms with Gasteiger partial charge in [-0.05, 0) is 113 Å². The van der Waals surface area contributed by atoms with Crippen molar-refractivity contribution in [2.75, 3.05) is 0 Å². The molecule has 5 aromatic rings. The second kappa shape index (κ2) is 11.1. The number of hydrogen-bond donors (Lipinski definition) is 0. The summed E-state index contributed by atoms with van der Waals surface area (Å²) in [4.78, 5) is 26.7. The molecule has 0 saturated heterocycles. The summed E-state index contributed by atoms with van der Waals surface area (Å²) in [5.74, 6) is 0.745. The van der Waals surface area contributed by atoms with Gasteiger partial charge in [0, 0.05) is 50.2 Å². The zero-order valence-corrected chi connectivity index (χ0v) is 33.2. The van der Waals surface area contributed by atoms with Gasteiger partial charge in [-0.15, -0.1) is 0 Å². The van der Waals surface area contributed by atoms with Crippen LogP contribution in [-0.2, 0) is 24.9 Å². The molecule has 4 bridgehead atoms. The molecule has 0 radical (unpaired) electrons. The van der Waals surface area contributed by atoms with Gasteiger partial charge in [0.1, 0.15) is 0 Å². The highest BCUT2D eigenvalue weighted by Gasteiger charge is 2.63. The molecular formula is C42H46ClIN4O2. The molecular weight excluding hydrogens is 755 g/mol. The van der Waals surface area contributed by atoms with E-state index in [0.717, 1.165) is 56.5 Å². The smallest absolute Gasteiger partial charge is 0.275 e. The van der Waals surface area contributed by atoms with Gasteiger partial charge < -0.3 is 0 Å². The van der Waals surface area contributed by atoms with Crippen molar-refractivity contribution < 1.29 is 0 Å². The van der Waals surface area contributed by atoms with Gasteiger partial charge >= 0.3 is 0 Å². The van der Waals surface area contributed by atoms with Crippen LogP contribution in [0.25, 0.3) is 22.5 Å². The third-order valence-electron chi connectivity index (χ3n) is 14.1. The quantitative estimate of drug-likeness (QED) is 0.171. The first kappa shape index (κ1) is 33.8. The fourth-order valence-electron chi connectivity index (χ4n) is 10.7. The van der Waals surface area contributed by atoms with E-state index in [1.165, 1.54) is 17.8 Å². The maximum atomic E-state index is 13.5. The number of halogens is 2. The molecule has 8 heteroatoms. The highest BCUT2D eigenvalue weighted by molar-refractivity contribution is 14.1. The molecule has 260 valence electrons. The van der Waals surface area contributed by atoms with Crippen LogP contribution < -0.4 is 11.1 Å². The van der Waals surface area contributed by atoms with Gasteiger partial charge in [-0.25, -0.2) is 9.36 Å². The predicted molar refractivity (Wildman–Crippen MR) is 211 cm³/mol. The zero-order chi connectivity index (χ0) is 35.7. The Morgan fingerprint density at radius 3 is 1.62 bits per heavy atom. The highest BCUT2D eigenvalue weighted by atomic mass is 127. The van der Waals surface area contributed by atoms with Crippen molar-refractivity contribution in [1.29, 1.82) is 0 Å². The van der Waals surface area contributed by atoms with Gasteiger partial charge in [0.15, 0.2) is 0 Å². The molecule has 4 aliphatic carbocycles. The molecule has 6 nitrogen and oxygen atoms in total. The molecule has 2 aromatic heterocycles. The SMILES string of the molecule is Cn1c2c(c(=O)n1-c1cccc(-c3ccccc3Cl)c1)[C@H]1CC[C@]2(C)C1(C)C.Cn1c2c(c(=O)n1-c1cccc(I)c1)[C@H]1CC[C@]2(C)C1(C)C. The minimum atomic E-state index is 0.0481. The Morgan fingerprint density at radius 2 is 1.14 bits per heavy atom. The Balaban J connectivity index is 0.000000149. The average molecular weight is 801 g/mol. The van der Waals surface area contributed by atoms with Crippen LogP contribution in [0.4, 0.5) is 0 Å². The molecule has 4 atom stereocenters. The third-order valence-corrected chi connectivity index (χ3v) is 15.1. The summed E-state index contributed by atoms with van der Waals surface area (Å²) in [5, 5.41) is 0.716. The normalized spacial score (nSPS) is 26.1. The summed E-state index contributed by atoms with van der Waals surface area (Å²) in [6.07, 6.45) is 4.58. The summed E-state index contributed by atoms with van der Waals surface area (Å²) >= 11 is 8.70. The van der Waals surface area contributed by atoms with Crippen LogP contribution in [0.2, 0.25) is 5.02 Å². The van der Waals surface area contributed by atoms with Crippen molar-refractivity contribution in [3.8, 4) is 22.5 Å². The second-order valence-electron chi connectivity index (χ2n) is 16.6. The molecule has 0 aliphatic heterocycles. The lowest BCUT2D eigenvalue weighted by Gasteiger charge is -2.36. The minimum absolute atomic E-state index is 0.0481. The summed E-state index contributed by atoms with van der Waals surface area (Å²) in [6.45, 7) is 14.0. The van der Waals surface area contributed by atoms with Crippen LogP contribution in [0.1, 0.15) is 102 Å². The van der Waals surface area contributed by atoms with Gasteiger partial charge in [0.25, 0.3) is 11.1 Å². The molecule has 2 fully saturated rings. The van der Waals surface area contributed by atoms with Gasteiger partial charge in [-0.2, -0.15) is 0 Å². The fraction of sp³-hybridized carbons (Fsp3) is 0.429. The van der Waals surface area contributed by atoms with Crippen LogP contribution in [0.5, 0.6) is 0 Å². The minimum Gasteiger partial charge on any atom is -0.284 e. The van der Waals surface area contributed by atoms with Crippen LogP contribution in [0.15, 0.2) is 82.4 Å². The van der Waals surface area contributed by atoms with Crippen molar-refractivity contribution in [2.24, 2.45) is 24.9 Å². The van der Waals surface area contributed by atoms with Gasteiger partial charge in [-0.3, -0.25) is 19.0 Å². The van der Waals surface area contributed by atoms with E-state index in [-0.39, 0.29) is 32.8 Å². The largest absolute Gasteiger partial charge is 0.284 e. The Labute approximate surface area is 313 Å². The molecule has 2 saturated carbocycles. The van der Waals surface area contributed by atoms with Crippen molar-refractivity contribution in [3.63, 3.8) is 0 Å². The number of benzene rings is 3. The number of hydrogen-bond acceptors (Lipinski definition) is 2. The van der Waals surface area contributed by atoms with Gasteiger partial charge in [0.05, 0.1) is 22.8 Å². The van der Waals surface area contributed by atoms with E-state index in [9.17, 15) is 9.59 Å². The Bertz CT molecular complexity index is 2340. The van der Waals surface area contributed by atoms with E-state index in [1.54, 1.807) is 0 Å². The maximum Gasteiger partial charge on any atom is 0.275 e. The highest BCUT2D eigenvalue weighted by Crippen LogP contribution is 2.68. The molecule has 0 amide bonds. The fourth-order valence-corrected chi connectivity index (χ4v) is 11.5. The first-order valence-electron chi connectivity index (χ1n) is 17.8. The lowest BCUT2D eigenvalue weighted by Crippen LogP contribution is -2.35.